The van der Waals surface area contributed by atoms with Crippen LogP contribution < -0.4 is 10.9 Å². The molecule has 0 aliphatic rings. The van der Waals surface area contributed by atoms with Crippen molar-refractivity contribution in [2.45, 2.75) is 30.8 Å². The molecule has 0 saturated carbocycles. The molecule has 1 amide bonds. The molecule has 6 heteroatoms. The SMILES string of the molecule is C=CCNC(=O)C(C)Sc1nc2ccccc2c(=O)n1Cc1ccc(C)cc1. The highest BCUT2D eigenvalue weighted by Gasteiger charge is 2.19. The Hall–Kier alpha value is -2.86. The first-order valence-corrected chi connectivity index (χ1v) is 9.98. The summed E-state index contributed by atoms with van der Waals surface area (Å²) < 4.78 is 1.65. The van der Waals surface area contributed by atoms with Gasteiger partial charge in [0.1, 0.15) is 0 Å². The molecular formula is C22H23N3O2S. The van der Waals surface area contributed by atoms with Crippen LogP contribution in [-0.2, 0) is 11.3 Å². The topological polar surface area (TPSA) is 64.0 Å². The Morgan fingerprint density at radius 1 is 1.25 bits per heavy atom. The zero-order valence-corrected chi connectivity index (χ0v) is 16.8. The van der Waals surface area contributed by atoms with Gasteiger partial charge in [-0.05, 0) is 31.5 Å². The zero-order valence-electron chi connectivity index (χ0n) is 16.0. The fourth-order valence-corrected chi connectivity index (χ4v) is 3.71. The number of para-hydroxylation sites is 1. The van der Waals surface area contributed by atoms with E-state index in [1.165, 1.54) is 11.8 Å². The Bertz CT molecular complexity index is 1060. The van der Waals surface area contributed by atoms with Gasteiger partial charge < -0.3 is 5.32 Å². The Morgan fingerprint density at radius 3 is 2.68 bits per heavy atom. The summed E-state index contributed by atoms with van der Waals surface area (Å²) in [6.07, 6.45) is 1.64. The van der Waals surface area contributed by atoms with Gasteiger partial charge in [-0.1, -0.05) is 59.8 Å². The van der Waals surface area contributed by atoms with E-state index in [1.807, 2.05) is 49.4 Å². The molecule has 0 radical (unpaired) electrons. The minimum Gasteiger partial charge on any atom is -0.352 e. The molecule has 0 aliphatic heterocycles. The largest absolute Gasteiger partial charge is 0.352 e. The molecule has 1 aromatic heterocycles. The highest BCUT2D eigenvalue weighted by molar-refractivity contribution is 8.00. The van der Waals surface area contributed by atoms with E-state index in [2.05, 4.69) is 16.9 Å². The summed E-state index contributed by atoms with van der Waals surface area (Å²) in [5.41, 5.74) is 2.70. The van der Waals surface area contributed by atoms with Crippen LogP contribution in [-0.4, -0.2) is 27.3 Å². The number of aromatic nitrogens is 2. The molecule has 28 heavy (non-hydrogen) atoms. The lowest BCUT2D eigenvalue weighted by atomic mass is 10.1. The average molecular weight is 394 g/mol. The van der Waals surface area contributed by atoms with Crippen molar-refractivity contribution in [3.63, 3.8) is 0 Å². The quantitative estimate of drug-likeness (QED) is 0.379. The van der Waals surface area contributed by atoms with E-state index in [0.717, 1.165) is 11.1 Å². The van der Waals surface area contributed by atoms with Crippen molar-refractivity contribution >= 4 is 28.6 Å². The third-order valence-corrected chi connectivity index (χ3v) is 5.45. The van der Waals surface area contributed by atoms with Crippen LogP contribution in [0.5, 0.6) is 0 Å². The predicted octanol–water partition coefficient (Wildman–Crippen LogP) is 3.54. The molecule has 0 bridgehead atoms. The van der Waals surface area contributed by atoms with E-state index in [1.54, 1.807) is 23.6 Å². The van der Waals surface area contributed by atoms with Gasteiger partial charge in [0.2, 0.25) is 5.91 Å². The van der Waals surface area contributed by atoms with Crippen LogP contribution in [0, 0.1) is 6.92 Å². The maximum Gasteiger partial charge on any atom is 0.262 e. The van der Waals surface area contributed by atoms with Gasteiger partial charge >= 0.3 is 0 Å². The molecular weight excluding hydrogens is 370 g/mol. The second-order valence-electron chi connectivity index (χ2n) is 6.58. The van der Waals surface area contributed by atoms with Crippen LogP contribution >= 0.6 is 11.8 Å². The normalized spacial score (nSPS) is 11.9. The molecule has 1 heterocycles. The summed E-state index contributed by atoms with van der Waals surface area (Å²) in [5, 5.41) is 3.50. The maximum atomic E-state index is 13.1. The van der Waals surface area contributed by atoms with Gasteiger partial charge in [-0.2, -0.15) is 0 Å². The number of benzene rings is 2. The number of carbonyl (C=O) groups excluding carboxylic acids is 1. The van der Waals surface area contributed by atoms with Gasteiger partial charge in [-0.3, -0.25) is 14.2 Å². The van der Waals surface area contributed by atoms with Gasteiger partial charge in [0.15, 0.2) is 5.16 Å². The van der Waals surface area contributed by atoms with E-state index in [0.29, 0.717) is 29.1 Å². The van der Waals surface area contributed by atoms with Crippen molar-refractivity contribution in [1.29, 1.82) is 0 Å². The van der Waals surface area contributed by atoms with E-state index in [-0.39, 0.29) is 11.5 Å². The van der Waals surface area contributed by atoms with Gasteiger partial charge in [0.25, 0.3) is 5.56 Å². The molecule has 0 fully saturated rings. The number of thioether (sulfide) groups is 1. The monoisotopic (exact) mass is 393 g/mol. The van der Waals surface area contributed by atoms with Crippen LogP contribution in [0.1, 0.15) is 18.1 Å². The van der Waals surface area contributed by atoms with Crippen LogP contribution in [0.4, 0.5) is 0 Å². The van der Waals surface area contributed by atoms with Crippen LogP contribution in [0.3, 0.4) is 0 Å². The molecule has 1 unspecified atom stereocenters. The lowest BCUT2D eigenvalue weighted by molar-refractivity contribution is -0.120. The third-order valence-electron chi connectivity index (χ3n) is 4.36. The second kappa shape index (κ2) is 8.89. The number of nitrogens with one attached hydrogen (secondary N) is 1. The number of rotatable bonds is 7. The van der Waals surface area contributed by atoms with Crippen LogP contribution in [0.2, 0.25) is 0 Å². The number of aryl methyl sites for hydroxylation is 1. The van der Waals surface area contributed by atoms with E-state index < -0.39 is 5.25 Å². The van der Waals surface area contributed by atoms with E-state index in [4.69, 9.17) is 0 Å². The minimum atomic E-state index is -0.391. The first-order chi connectivity index (χ1) is 13.5. The first kappa shape index (κ1) is 19.9. The summed E-state index contributed by atoms with van der Waals surface area (Å²) in [7, 11) is 0. The van der Waals surface area contributed by atoms with Crippen LogP contribution in [0.15, 0.2) is 71.1 Å². The summed E-state index contributed by atoms with van der Waals surface area (Å²) in [5.74, 6) is -0.116. The molecule has 0 spiro atoms. The molecule has 3 rings (SSSR count). The molecule has 1 atom stereocenters. The Morgan fingerprint density at radius 2 is 1.96 bits per heavy atom. The first-order valence-electron chi connectivity index (χ1n) is 9.10. The lowest BCUT2D eigenvalue weighted by Crippen LogP contribution is -2.32. The van der Waals surface area contributed by atoms with Crippen LogP contribution in [0.25, 0.3) is 10.9 Å². The third kappa shape index (κ3) is 4.51. The highest BCUT2D eigenvalue weighted by Crippen LogP contribution is 2.23. The molecule has 5 nitrogen and oxygen atoms in total. The van der Waals surface area contributed by atoms with Gasteiger partial charge in [0.05, 0.1) is 22.7 Å². The van der Waals surface area contributed by atoms with Crippen molar-refractivity contribution in [3.8, 4) is 0 Å². The van der Waals surface area contributed by atoms with E-state index >= 15 is 0 Å². The standard InChI is InChI=1S/C22H23N3O2S/c1-4-13-23-20(26)16(3)28-22-24-19-8-6-5-7-18(19)21(27)25(22)14-17-11-9-15(2)10-12-17/h4-12,16H,1,13-14H2,2-3H3,(H,23,26). The summed E-state index contributed by atoms with van der Waals surface area (Å²) >= 11 is 1.29. The summed E-state index contributed by atoms with van der Waals surface area (Å²) in [4.78, 5) is 30.1. The Kier molecular flexibility index (Phi) is 6.31. The van der Waals surface area contributed by atoms with Crippen molar-refractivity contribution in [2.24, 2.45) is 0 Å². The van der Waals surface area contributed by atoms with E-state index in [9.17, 15) is 9.59 Å². The number of fused-ring (bicyclic) bond motifs is 1. The maximum absolute atomic E-state index is 13.1. The fourth-order valence-electron chi connectivity index (χ4n) is 2.78. The number of amides is 1. The molecule has 144 valence electrons. The summed E-state index contributed by atoms with van der Waals surface area (Å²) in [6.45, 7) is 8.25. The Labute approximate surface area is 168 Å². The lowest BCUT2D eigenvalue weighted by Gasteiger charge is -2.16. The number of nitrogens with zero attached hydrogens (tertiary/aromatic N) is 2. The average Bonchev–Trinajstić information content (AvgIpc) is 2.70. The Balaban J connectivity index is 2.01. The van der Waals surface area contributed by atoms with Crippen molar-refractivity contribution in [2.75, 3.05) is 6.54 Å². The van der Waals surface area contributed by atoms with Crippen molar-refractivity contribution in [3.05, 3.63) is 82.7 Å². The molecule has 3 aromatic rings. The smallest absolute Gasteiger partial charge is 0.262 e. The van der Waals surface area contributed by atoms with Crippen molar-refractivity contribution < 1.29 is 4.79 Å². The molecule has 1 N–H and O–H groups in total. The molecule has 2 aromatic carbocycles. The number of carbonyl (C=O) groups is 1. The van der Waals surface area contributed by atoms with Gasteiger partial charge in [-0.15, -0.1) is 6.58 Å². The van der Waals surface area contributed by atoms with Gasteiger partial charge in [-0.25, -0.2) is 4.98 Å². The highest BCUT2D eigenvalue weighted by atomic mass is 32.2. The molecule has 0 saturated heterocycles. The number of hydrogen-bond acceptors (Lipinski definition) is 4. The second-order valence-corrected chi connectivity index (χ2v) is 7.89. The summed E-state index contributed by atoms with van der Waals surface area (Å²) in [6, 6.07) is 15.3. The predicted molar refractivity (Wildman–Crippen MR) is 115 cm³/mol. The van der Waals surface area contributed by atoms with Gasteiger partial charge in [0, 0.05) is 6.54 Å². The number of hydrogen-bond donors (Lipinski definition) is 1. The fraction of sp³-hybridized carbons (Fsp3) is 0.227. The minimum absolute atomic E-state index is 0.104. The zero-order chi connectivity index (χ0) is 20.1. The van der Waals surface area contributed by atoms with Crippen molar-refractivity contribution in [1.82, 2.24) is 14.9 Å². The molecule has 0 aliphatic carbocycles.